The molecule has 0 unspecified atom stereocenters. The maximum atomic E-state index is 12.5. The van der Waals surface area contributed by atoms with Crippen LogP contribution >= 0.6 is 11.6 Å². The van der Waals surface area contributed by atoms with Crippen molar-refractivity contribution < 1.29 is 9.90 Å². The van der Waals surface area contributed by atoms with Crippen molar-refractivity contribution in [2.45, 2.75) is 0 Å². The molecule has 0 bridgehead atoms. The number of hydrogen-bond donors (Lipinski definition) is 2. The number of halogens is 1. The van der Waals surface area contributed by atoms with Crippen LogP contribution in [-0.2, 0) is 0 Å². The minimum Gasteiger partial charge on any atom is -0.505 e. The van der Waals surface area contributed by atoms with Gasteiger partial charge in [0.05, 0.1) is 16.3 Å². The second-order valence-corrected chi connectivity index (χ2v) is 5.22. The zero-order valence-corrected chi connectivity index (χ0v) is 11.5. The number of para-hydroxylation sites is 1. The number of hydrogen-bond acceptors (Lipinski definition) is 3. The van der Waals surface area contributed by atoms with Crippen LogP contribution in [0.4, 0.5) is 5.69 Å². The molecule has 4 rings (SSSR count). The Morgan fingerprint density at radius 1 is 1.10 bits per heavy atom. The Kier molecular flexibility index (Phi) is 2.43. The van der Waals surface area contributed by atoms with E-state index in [1.165, 1.54) is 0 Å². The van der Waals surface area contributed by atoms with E-state index in [0.29, 0.717) is 27.4 Å². The number of ketones is 1. The van der Waals surface area contributed by atoms with Crippen LogP contribution in [0.1, 0.15) is 16.1 Å². The van der Waals surface area contributed by atoms with Gasteiger partial charge >= 0.3 is 0 Å². The van der Waals surface area contributed by atoms with Crippen LogP contribution in [0, 0.1) is 0 Å². The highest BCUT2D eigenvalue weighted by atomic mass is 35.5. The molecule has 0 aliphatic carbocycles. The zero-order valence-electron chi connectivity index (χ0n) is 10.7. The summed E-state index contributed by atoms with van der Waals surface area (Å²) in [7, 11) is 0. The minimum absolute atomic E-state index is 0.0293. The average Bonchev–Trinajstić information content (AvgIpc) is 2.99. The van der Waals surface area contributed by atoms with Gasteiger partial charge in [-0.1, -0.05) is 29.8 Å². The van der Waals surface area contributed by atoms with Crippen molar-refractivity contribution in [1.29, 1.82) is 0 Å². The van der Waals surface area contributed by atoms with Gasteiger partial charge < -0.3 is 10.1 Å². The molecule has 1 aliphatic rings. The Bertz CT molecular complexity index is 941. The van der Waals surface area contributed by atoms with Crippen molar-refractivity contribution in [3.05, 3.63) is 58.7 Å². The van der Waals surface area contributed by atoms with Gasteiger partial charge in [0.25, 0.3) is 0 Å². The van der Waals surface area contributed by atoms with E-state index in [1.807, 2.05) is 18.2 Å². The molecule has 102 valence electrons. The van der Waals surface area contributed by atoms with Crippen LogP contribution in [0.25, 0.3) is 10.9 Å². The van der Waals surface area contributed by atoms with E-state index < -0.39 is 0 Å². The number of carbonyl (C=O) groups is 1. The summed E-state index contributed by atoms with van der Waals surface area (Å²) >= 11 is 6.07. The maximum Gasteiger partial charge on any atom is 0.217 e. The lowest BCUT2D eigenvalue weighted by molar-refractivity contribution is 0.107. The molecule has 0 spiro atoms. The van der Waals surface area contributed by atoms with Crippen LogP contribution in [0.15, 0.2) is 47.5 Å². The first-order valence-corrected chi connectivity index (χ1v) is 6.76. The summed E-state index contributed by atoms with van der Waals surface area (Å²) in [6.07, 6.45) is 0. The van der Waals surface area contributed by atoms with Crippen LogP contribution in [0.2, 0.25) is 5.02 Å². The largest absolute Gasteiger partial charge is 0.505 e. The van der Waals surface area contributed by atoms with E-state index in [2.05, 4.69) is 9.98 Å². The number of aliphatic imine (C=N–C) groups is 1. The van der Waals surface area contributed by atoms with Crippen molar-refractivity contribution in [2.24, 2.45) is 4.99 Å². The first-order chi connectivity index (χ1) is 10.2. The molecule has 0 saturated heterocycles. The second-order valence-electron chi connectivity index (χ2n) is 4.82. The number of carbonyl (C=O) groups excluding carboxylic acids is 1. The Balaban J connectivity index is 1.94. The van der Waals surface area contributed by atoms with Crippen molar-refractivity contribution >= 4 is 39.7 Å². The van der Waals surface area contributed by atoms with Gasteiger partial charge in [0.2, 0.25) is 5.78 Å². The molecule has 2 heterocycles. The normalized spacial score (nSPS) is 13.6. The SMILES string of the molecule is O=C1C(c2[nH]c3ccccc3c2O)=Nc2cccc(Cl)c21. The molecule has 0 radical (unpaired) electrons. The number of aromatic hydroxyl groups is 1. The number of H-pyrrole nitrogens is 1. The number of nitrogens with zero attached hydrogens (tertiary/aromatic N) is 1. The lowest BCUT2D eigenvalue weighted by Crippen LogP contribution is -2.12. The summed E-state index contributed by atoms with van der Waals surface area (Å²) in [4.78, 5) is 19.9. The second kappa shape index (κ2) is 4.20. The predicted octanol–water partition coefficient (Wildman–Crippen LogP) is 3.84. The highest BCUT2D eigenvalue weighted by Crippen LogP contribution is 2.37. The molecule has 2 N–H and O–H groups in total. The highest BCUT2D eigenvalue weighted by molar-refractivity contribution is 6.57. The van der Waals surface area contributed by atoms with Gasteiger partial charge in [-0.3, -0.25) is 4.79 Å². The first kappa shape index (κ1) is 12.2. The van der Waals surface area contributed by atoms with Gasteiger partial charge in [0, 0.05) is 10.9 Å². The van der Waals surface area contributed by atoms with Crippen molar-refractivity contribution in [2.75, 3.05) is 0 Å². The molecule has 4 nitrogen and oxygen atoms in total. The predicted molar refractivity (Wildman–Crippen MR) is 81.9 cm³/mol. The molecule has 5 heteroatoms. The van der Waals surface area contributed by atoms with Crippen molar-refractivity contribution in [3.8, 4) is 5.75 Å². The summed E-state index contributed by atoms with van der Waals surface area (Å²) in [5.74, 6) is -0.251. The van der Waals surface area contributed by atoms with Gasteiger partial charge in [-0.05, 0) is 24.3 Å². The van der Waals surface area contributed by atoms with E-state index in [4.69, 9.17) is 11.6 Å². The quantitative estimate of drug-likeness (QED) is 0.716. The smallest absolute Gasteiger partial charge is 0.217 e. The number of fused-ring (bicyclic) bond motifs is 2. The lowest BCUT2D eigenvalue weighted by Gasteiger charge is -1.99. The number of aromatic amines is 1. The van der Waals surface area contributed by atoms with Gasteiger partial charge in [-0.2, -0.15) is 0 Å². The molecule has 2 aromatic carbocycles. The first-order valence-electron chi connectivity index (χ1n) is 6.39. The van der Waals surface area contributed by atoms with E-state index >= 15 is 0 Å². The van der Waals surface area contributed by atoms with Gasteiger partial charge in [-0.25, -0.2) is 4.99 Å². The fraction of sp³-hybridized carbons (Fsp3) is 0. The summed E-state index contributed by atoms with van der Waals surface area (Å²) in [5.41, 5.74) is 2.18. The van der Waals surface area contributed by atoms with E-state index in [-0.39, 0.29) is 17.2 Å². The summed E-state index contributed by atoms with van der Waals surface area (Å²) in [5, 5.41) is 11.3. The van der Waals surface area contributed by atoms with Gasteiger partial charge in [0.15, 0.2) is 5.75 Å². The number of benzene rings is 2. The average molecular weight is 297 g/mol. The Morgan fingerprint density at radius 2 is 1.90 bits per heavy atom. The Hall–Kier alpha value is -2.59. The van der Waals surface area contributed by atoms with Gasteiger partial charge in [-0.15, -0.1) is 0 Å². The molecule has 0 atom stereocenters. The molecule has 0 saturated carbocycles. The van der Waals surface area contributed by atoms with Crippen LogP contribution in [-0.4, -0.2) is 21.6 Å². The molecular formula is C16H9ClN2O2. The fourth-order valence-corrected chi connectivity index (χ4v) is 2.84. The van der Waals surface area contributed by atoms with E-state index in [9.17, 15) is 9.90 Å². The lowest BCUT2D eigenvalue weighted by atomic mass is 10.1. The maximum absolute atomic E-state index is 12.5. The van der Waals surface area contributed by atoms with Gasteiger partial charge in [0.1, 0.15) is 11.4 Å². The molecule has 3 aromatic rings. The molecule has 0 fully saturated rings. The van der Waals surface area contributed by atoms with Crippen molar-refractivity contribution in [3.63, 3.8) is 0 Å². The van der Waals surface area contributed by atoms with Crippen molar-refractivity contribution in [1.82, 2.24) is 4.98 Å². The number of nitrogens with one attached hydrogen (secondary N) is 1. The molecule has 21 heavy (non-hydrogen) atoms. The standard InChI is InChI=1S/C16H9ClN2O2/c17-9-5-3-7-11-12(9)16(21)14(19-11)13-15(20)8-4-1-2-6-10(8)18-13/h1-7,18,20H. The van der Waals surface area contributed by atoms with Crippen LogP contribution in [0.5, 0.6) is 5.75 Å². The fourth-order valence-electron chi connectivity index (χ4n) is 2.59. The number of aromatic nitrogens is 1. The zero-order chi connectivity index (χ0) is 14.6. The number of Topliss-reactive ketones (excluding diaryl/α,β-unsaturated/α-hetero) is 1. The highest BCUT2D eigenvalue weighted by Gasteiger charge is 2.31. The summed E-state index contributed by atoms with van der Waals surface area (Å²) in [6.45, 7) is 0. The summed E-state index contributed by atoms with van der Waals surface area (Å²) in [6, 6.07) is 12.4. The molecule has 1 aliphatic heterocycles. The third kappa shape index (κ3) is 1.63. The minimum atomic E-state index is -0.280. The molecular weight excluding hydrogens is 288 g/mol. The summed E-state index contributed by atoms with van der Waals surface area (Å²) < 4.78 is 0. The molecule has 1 aromatic heterocycles. The molecule has 0 amide bonds. The van der Waals surface area contributed by atoms with Crippen LogP contribution < -0.4 is 0 Å². The van der Waals surface area contributed by atoms with E-state index in [1.54, 1.807) is 24.3 Å². The number of rotatable bonds is 1. The third-order valence-electron chi connectivity index (χ3n) is 3.58. The topological polar surface area (TPSA) is 65.5 Å². The monoisotopic (exact) mass is 296 g/mol. The van der Waals surface area contributed by atoms with E-state index in [0.717, 1.165) is 5.52 Å². The Labute approximate surface area is 124 Å². The third-order valence-corrected chi connectivity index (χ3v) is 3.90. The Morgan fingerprint density at radius 3 is 2.67 bits per heavy atom. The van der Waals surface area contributed by atoms with Crippen LogP contribution in [0.3, 0.4) is 0 Å².